The molecule has 0 saturated heterocycles. The van der Waals surface area contributed by atoms with Gasteiger partial charge in [0.05, 0.1) is 12.1 Å². The Morgan fingerprint density at radius 1 is 1.29 bits per heavy atom. The molecule has 0 N–H and O–H groups in total. The van der Waals surface area contributed by atoms with E-state index in [1.807, 2.05) is 44.2 Å². The molecule has 0 aliphatic carbocycles. The zero-order valence-corrected chi connectivity index (χ0v) is 10.1. The molecule has 0 aliphatic rings. The minimum atomic E-state index is 0.181. The zero-order chi connectivity index (χ0) is 12.3. The molecule has 1 aromatic heterocycles. The number of nitrogens with zero attached hydrogens (tertiary/aromatic N) is 1. The summed E-state index contributed by atoms with van der Waals surface area (Å²) in [5.41, 5.74) is 1.68. The standard InChI is InChI=1S/C14H15NO2/c1-3-12(16)9-13-10(2)17-14(15-13)11-7-5-4-6-8-11/h4-8H,3,9H2,1-2H3. The monoisotopic (exact) mass is 229 g/mol. The molecule has 2 rings (SSSR count). The summed E-state index contributed by atoms with van der Waals surface area (Å²) in [6.45, 7) is 3.70. The number of oxazole rings is 1. The van der Waals surface area contributed by atoms with Crippen LogP contribution >= 0.6 is 0 Å². The van der Waals surface area contributed by atoms with Crippen molar-refractivity contribution in [2.45, 2.75) is 26.7 Å². The smallest absolute Gasteiger partial charge is 0.226 e. The summed E-state index contributed by atoms with van der Waals surface area (Å²) >= 11 is 0. The van der Waals surface area contributed by atoms with E-state index in [0.717, 1.165) is 17.0 Å². The predicted molar refractivity (Wildman–Crippen MR) is 65.7 cm³/mol. The fraction of sp³-hybridized carbons (Fsp3) is 0.286. The molecule has 0 saturated carbocycles. The van der Waals surface area contributed by atoms with Gasteiger partial charge in [-0.05, 0) is 19.1 Å². The first-order valence-electron chi connectivity index (χ1n) is 5.74. The molecule has 88 valence electrons. The van der Waals surface area contributed by atoms with Crippen LogP contribution in [-0.2, 0) is 11.2 Å². The van der Waals surface area contributed by atoms with Crippen LogP contribution in [0.1, 0.15) is 24.8 Å². The molecule has 3 heteroatoms. The Hall–Kier alpha value is -1.90. The van der Waals surface area contributed by atoms with Gasteiger partial charge in [0.1, 0.15) is 11.5 Å². The van der Waals surface area contributed by atoms with E-state index in [2.05, 4.69) is 4.98 Å². The third kappa shape index (κ3) is 2.61. The summed E-state index contributed by atoms with van der Waals surface area (Å²) in [5, 5.41) is 0. The summed E-state index contributed by atoms with van der Waals surface area (Å²) in [6, 6.07) is 9.70. The van der Waals surface area contributed by atoms with Crippen LogP contribution in [-0.4, -0.2) is 10.8 Å². The number of carbonyl (C=O) groups excluding carboxylic acids is 1. The molecule has 0 spiro atoms. The van der Waals surface area contributed by atoms with Crippen molar-refractivity contribution in [1.82, 2.24) is 4.98 Å². The average Bonchev–Trinajstić information content (AvgIpc) is 2.72. The number of carbonyl (C=O) groups is 1. The van der Waals surface area contributed by atoms with Gasteiger partial charge in [0.2, 0.25) is 5.89 Å². The van der Waals surface area contributed by atoms with Crippen molar-refractivity contribution in [1.29, 1.82) is 0 Å². The molecule has 17 heavy (non-hydrogen) atoms. The van der Waals surface area contributed by atoms with Crippen LogP contribution < -0.4 is 0 Å². The van der Waals surface area contributed by atoms with Gasteiger partial charge in [-0.2, -0.15) is 0 Å². The van der Waals surface area contributed by atoms with Gasteiger partial charge in [0.15, 0.2) is 0 Å². The van der Waals surface area contributed by atoms with Crippen LogP contribution in [0, 0.1) is 6.92 Å². The second kappa shape index (κ2) is 4.95. The Labute approximate surface area is 100 Å². The van der Waals surface area contributed by atoms with Gasteiger partial charge in [0.25, 0.3) is 0 Å². The molecular weight excluding hydrogens is 214 g/mol. The first kappa shape index (κ1) is 11.6. The highest BCUT2D eigenvalue weighted by Crippen LogP contribution is 2.21. The zero-order valence-electron chi connectivity index (χ0n) is 10.1. The van der Waals surface area contributed by atoms with Crippen LogP contribution in [0.15, 0.2) is 34.7 Å². The SMILES string of the molecule is CCC(=O)Cc1nc(-c2ccccc2)oc1C. The molecule has 1 aromatic carbocycles. The van der Waals surface area contributed by atoms with Crippen LogP contribution in [0.4, 0.5) is 0 Å². The third-order valence-corrected chi connectivity index (χ3v) is 2.67. The maximum atomic E-state index is 11.4. The molecule has 0 bridgehead atoms. The predicted octanol–water partition coefficient (Wildman–Crippen LogP) is 3.17. The van der Waals surface area contributed by atoms with E-state index in [1.54, 1.807) is 0 Å². The third-order valence-electron chi connectivity index (χ3n) is 2.67. The van der Waals surface area contributed by atoms with Crippen molar-refractivity contribution >= 4 is 5.78 Å². The summed E-state index contributed by atoms with van der Waals surface area (Å²) in [5.74, 6) is 1.49. The number of Topliss-reactive ketones (excluding diaryl/α,β-unsaturated/α-hetero) is 1. The maximum absolute atomic E-state index is 11.4. The van der Waals surface area contributed by atoms with E-state index in [1.165, 1.54) is 0 Å². The van der Waals surface area contributed by atoms with Crippen molar-refractivity contribution in [3.8, 4) is 11.5 Å². The summed E-state index contributed by atoms with van der Waals surface area (Å²) < 4.78 is 5.58. The van der Waals surface area contributed by atoms with E-state index in [0.29, 0.717) is 18.7 Å². The molecule has 0 aliphatic heterocycles. The molecule has 0 atom stereocenters. The average molecular weight is 229 g/mol. The second-order valence-corrected chi connectivity index (χ2v) is 3.96. The minimum absolute atomic E-state index is 0.181. The second-order valence-electron chi connectivity index (χ2n) is 3.96. The van der Waals surface area contributed by atoms with Gasteiger partial charge in [0, 0.05) is 12.0 Å². The largest absolute Gasteiger partial charge is 0.441 e. The Morgan fingerprint density at radius 3 is 2.65 bits per heavy atom. The molecule has 1 heterocycles. The first-order valence-corrected chi connectivity index (χ1v) is 5.74. The minimum Gasteiger partial charge on any atom is -0.441 e. The molecule has 3 nitrogen and oxygen atoms in total. The van der Waals surface area contributed by atoms with E-state index >= 15 is 0 Å². The Morgan fingerprint density at radius 2 is 2.00 bits per heavy atom. The quantitative estimate of drug-likeness (QED) is 0.808. The van der Waals surface area contributed by atoms with Crippen molar-refractivity contribution < 1.29 is 9.21 Å². The Bertz CT molecular complexity index is 514. The van der Waals surface area contributed by atoms with Crippen LogP contribution in [0.2, 0.25) is 0 Å². The van der Waals surface area contributed by atoms with E-state index < -0.39 is 0 Å². The summed E-state index contributed by atoms with van der Waals surface area (Å²) in [7, 11) is 0. The topological polar surface area (TPSA) is 43.1 Å². The number of ketones is 1. The maximum Gasteiger partial charge on any atom is 0.226 e. The lowest BCUT2D eigenvalue weighted by Crippen LogP contribution is -2.01. The van der Waals surface area contributed by atoms with Crippen LogP contribution in [0.3, 0.4) is 0 Å². The van der Waals surface area contributed by atoms with E-state index in [9.17, 15) is 4.79 Å². The van der Waals surface area contributed by atoms with Crippen molar-refractivity contribution in [2.24, 2.45) is 0 Å². The van der Waals surface area contributed by atoms with Crippen LogP contribution in [0.5, 0.6) is 0 Å². The van der Waals surface area contributed by atoms with Gasteiger partial charge in [-0.15, -0.1) is 0 Å². The van der Waals surface area contributed by atoms with Crippen molar-refractivity contribution in [2.75, 3.05) is 0 Å². The Balaban J connectivity index is 2.28. The van der Waals surface area contributed by atoms with E-state index in [-0.39, 0.29) is 5.78 Å². The summed E-state index contributed by atoms with van der Waals surface area (Å²) in [4.78, 5) is 15.8. The van der Waals surface area contributed by atoms with Gasteiger partial charge >= 0.3 is 0 Å². The van der Waals surface area contributed by atoms with Crippen LogP contribution in [0.25, 0.3) is 11.5 Å². The normalized spacial score (nSPS) is 10.5. The lowest BCUT2D eigenvalue weighted by atomic mass is 10.1. The molecule has 0 radical (unpaired) electrons. The molecule has 0 fully saturated rings. The fourth-order valence-corrected chi connectivity index (χ4v) is 1.61. The lowest BCUT2D eigenvalue weighted by molar-refractivity contribution is -0.118. The number of hydrogen-bond acceptors (Lipinski definition) is 3. The highest BCUT2D eigenvalue weighted by atomic mass is 16.4. The molecule has 0 amide bonds. The highest BCUT2D eigenvalue weighted by molar-refractivity contribution is 5.80. The molecule has 2 aromatic rings. The molecular formula is C14H15NO2. The van der Waals surface area contributed by atoms with Crippen molar-refractivity contribution in [3.63, 3.8) is 0 Å². The number of benzene rings is 1. The first-order chi connectivity index (χ1) is 8.20. The fourth-order valence-electron chi connectivity index (χ4n) is 1.61. The molecule has 0 unspecified atom stereocenters. The van der Waals surface area contributed by atoms with E-state index in [4.69, 9.17) is 4.42 Å². The van der Waals surface area contributed by atoms with Gasteiger partial charge in [-0.3, -0.25) is 4.79 Å². The van der Waals surface area contributed by atoms with Crippen molar-refractivity contribution in [3.05, 3.63) is 41.8 Å². The highest BCUT2D eigenvalue weighted by Gasteiger charge is 2.13. The number of aromatic nitrogens is 1. The van der Waals surface area contributed by atoms with Gasteiger partial charge in [-0.1, -0.05) is 25.1 Å². The van der Waals surface area contributed by atoms with Gasteiger partial charge in [-0.25, -0.2) is 4.98 Å². The lowest BCUT2D eigenvalue weighted by Gasteiger charge is -1.93. The number of rotatable bonds is 4. The summed E-state index contributed by atoms with van der Waals surface area (Å²) in [6.07, 6.45) is 0.894. The number of hydrogen-bond donors (Lipinski definition) is 0. The number of aryl methyl sites for hydroxylation is 1. The Kier molecular flexibility index (Phi) is 3.38. The van der Waals surface area contributed by atoms with Gasteiger partial charge < -0.3 is 4.42 Å².